The first kappa shape index (κ1) is 16.1. The molecule has 1 aromatic carbocycles. The zero-order valence-electron chi connectivity index (χ0n) is 11.8. The van der Waals surface area contributed by atoms with Gasteiger partial charge in [0.2, 0.25) is 0 Å². The lowest BCUT2D eigenvalue weighted by molar-refractivity contribution is -0.166. The number of rotatable bonds is 4. The van der Waals surface area contributed by atoms with Crippen LogP contribution >= 0.6 is 0 Å². The SMILES string of the molecule is CC(C)(C)OC(=O)[C@](N)(Cc1ccccc1)C(=O)NO. The number of amides is 1. The molecule has 0 saturated carbocycles. The van der Waals surface area contributed by atoms with Crippen LogP contribution < -0.4 is 11.2 Å². The number of nitrogens with two attached hydrogens (primary N) is 1. The zero-order chi connectivity index (χ0) is 15.4. The smallest absolute Gasteiger partial charge is 0.336 e. The van der Waals surface area contributed by atoms with Crippen LogP contribution in [-0.2, 0) is 20.7 Å². The molecular formula is C14H20N2O4. The third kappa shape index (κ3) is 4.04. The van der Waals surface area contributed by atoms with Crippen molar-refractivity contribution >= 4 is 11.9 Å². The van der Waals surface area contributed by atoms with Gasteiger partial charge in [-0.3, -0.25) is 10.0 Å². The Labute approximate surface area is 117 Å². The van der Waals surface area contributed by atoms with Crippen molar-refractivity contribution in [3.05, 3.63) is 35.9 Å². The summed E-state index contributed by atoms with van der Waals surface area (Å²) in [7, 11) is 0. The summed E-state index contributed by atoms with van der Waals surface area (Å²) in [5.74, 6) is -1.89. The number of carbonyl (C=O) groups excluding carboxylic acids is 2. The maximum atomic E-state index is 12.2. The van der Waals surface area contributed by atoms with E-state index in [1.165, 1.54) is 5.48 Å². The molecule has 0 saturated heterocycles. The van der Waals surface area contributed by atoms with Gasteiger partial charge < -0.3 is 10.5 Å². The van der Waals surface area contributed by atoms with Crippen molar-refractivity contribution in [1.29, 1.82) is 0 Å². The number of hydrogen-bond donors (Lipinski definition) is 3. The van der Waals surface area contributed by atoms with Crippen LogP contribution in [0.1, 0.15) is 26.3 Å². The normalized spacial score (nSPS) is 14.2. The number of carbonyl (C=O) groups is 2. The van der Waals surface area contributed by atoms with Gasteiger partial charge in [0.25, 0.3) is 5.91 Å². The Kier molecular flexibility index (Phi) is 4.86. The number of hydrogen-bond acceptors (Lipinski definition) is 5. The van der Waals surface area contributed by atoms with Gasteiger partial charge in [0.1, 0.15) is 5.60 Å². The Bertz CT molecular complexity index is 482. The van der Waals surface area contributed by atoms with E-state index in [0.29, 0.717) is 5.56 Å². The molecule has 4 N–H and O–H groups in total. The van der Waals surface area contributed by atoms with Crippen molar-refractivity contribution in [2.75, 3.05) is 0 Å². The number of nitrogens with one attached hydrogen (secondary N) is 1. The summed E-state index contributed by atoms with van der Waals surface area (Å²) >= 11 is 0. The van der Waals surface area contributed by atoms with Crippen molar-refractivity contribution in [3.8, 4) is 0 Å². The Morgan fingerprint density at radius 1 is 1.25 bits per heavy atom. The lowest BCUT2D eigenvalue weighted by atomic mass is 9.90. The molecule has 6 nitrogen and oxygen atoms in total. The van der Waals surface area contributed by atoms with Gasteiger partial charge in [-0.25, -0.2) is 10.3 Å². The van der Waals surface area contributed by atoms with E-state index in [9.17, 15) is 9.59 Å². The van der Waals surface area contributed by atoms with Crippen LogP contribution in [0.25, 0.3) is 0 Å². The molecule has 0 bridgehead atoms. The van der Waals surface area contributed by atoms with Gasteiger partial charge in [-0.1, -0.05) is 30.3 Å². The molecule has 0 aliphatic heterocycles. The molecule has 1 aromatic rings. The third-order valence-electron chi connectivity index (χ3n) is 2.60. The molecule has 110 valence electrons. The summed E-state index contributed by atoms with van der Waals surface area (Å²) in [5.41, 5.74) is 5.23. The Morgan fingerprint density at radius 3 is 2.25 bits per heavy atom. The number of hydroxylamine groups is 1. The average molecular weight is 280 g/mol. The lowest BCUT2D eigenvalue weighted by Gasteiger charge is -2.29. The highest BCUT2D eigenvalue weighted by Gasteiger charge is 2.45. The molecule has 6 heteroatoms. The fourth-order valence-electron chi connectivity index (χ4n) is 1.63. The van der Waals surface area contributed by atoms with Crippen molar-refractivity contribution in [3.63, 3.8) is 0 Å². The molecule has 0 aliphatic rings. The largest absolute Gasteiger partial charge is 0.458 e. The fourth-order valence-corrected chi connectivity index (χ4v) is 1.63. The van der Waals surface area contributed by atoms with E-state index in [4.69, 9.17) is 15.7 Å². The average Bonchev–Trinajstić information content (AvgIpc) is 2.36. The van der Waals surface area contributed by atoms with Crippen LogP contribution in [-0.4, -0.2) is 28.2 Å². The minimum atomic E-state index is -1.98. The molecule has 1 rings (SSSR count). The summed E-state index contributed by atoms with van der Waals surface area (Å²) in [4.78, 5) is 23.9. The minimum absolute atomic E-state index is 0.0743. The van der Waals surface area contributed by atoms with E-state index in [1.807, 2.05) is 0 Å². The summed E-state index contributed by atoms with van der Waals surface area (Å²) in [6, 6.07) is 8.80. The van der Waals surface area contributed by atoms with Crippen LogP contribution in [0.4, 0.5) is 0 Å². The van der Waals surface area contributed by atoms with E-state index < -0.39 is 23.0 Å². The Morgan fingerprint density at radius 2 is 1.80 bits per heavy atom. The summed E-state index contributed by atoms with van der Waals surface area (Å²) in [6.45, 7) is 5.01. The third-order valence-corrected chi connectivity index (χ3v) is 2.60. The second kappa shape index (κ2) is 6.02. The molecule has 0 aromatic heterocycles. The summed E-state index contributed by atoms with van der Waals surface area (Å²) in [5, 5.41) is 8.81. The van der Waals surface area contributed by atoms with Crippen molar-refractivity contribution < 1.29 is 19.5 Å². The lowest BCUT2D eigenvalue weighted by Crippen LogP contribution is -2.62. The first-order chi connectivity index (χ1) is 9.19. The molecule has 1 atom stereocenters. The minimum Gasteiger partial charge on any atom is -0.458 e. The molecule has 0 aliphatic carbocycles. The highest BCUT2D eigenvalue weighted by Crippen LogP contribution is 2.18. The highest BCUT2D eigenvalue weighted by atomic mass is 16.6. The maximum absolute atomic E-state index is 12.2. The van der Waals surface area contributed by atoms with Gasteiger partial charge >= 0.3 is 5.97 Å². The first-order valence-corrected chi connectivity index (χ1v) is 6.20. The first-order valence-electron chi connectivity index (χ1n) is 6.20. The molecule has 0 unspecified atom stereocenters. The van der Waals surface area contributed by atoms with Gasteiger partial charge in [-0.2, -0.15) is 0 Å². The van der Waals surface area contributed by atoms with Crippen LogP contribution in [0.15, 0.2) is 30.3 Å². The van der Waals surface area contributed by atoms with Crippen molar-refractivity contribution in [2.45, 2.75) is 38.3 Å². The van der Waals surface area contributed by atoms with Crippen LogP contribution in [0, 0.1) is 0 Å². The quantitative estimate of drug-likeness (QED) is 0.327. The maximum Gasteiger partial charge on any atom is 0.336 e. The van der Waals surface area contributed by atoms with Gasteiger partial charge in [-0.15, -0.1) is 0 Å². The molecule has 0 heterocycles. The monoisotopic (exact) mass is 280 g/mol. The van der Waals surface area contributed by atoms with Crippen LogP contribution in [0.2, 0.25) is 0 Å². The number of benzene rings is 1. The van der Waals surface area contributed by atoms with Gasteiger partial charge in [0, 0.05) is 6.42 Å². The van der Waals surface area contributed by atoms with E-state index in [2.05, 4.69) is 0 Å². The van der Waals surface area contributed by atoms with Gasteiger partial charge in [0.05, 0.1) is 0 Å². The Balaban J connectivity index is 3.04. The number of esters is 1. The molecular weight excluding hydrogens is 260 g/mol. The van der Waals surface area contributed by atoms with Crippen LogP contribution in [0.3, 0.4) is 0 Å². The second-order valence-electron chi connectivity index (χ2n) is 5.58. The van der Waals surface area contributed by atoms with E-state index in [0.717, 1.165) is 0 Å². The molecule has 0 fully saturated rings. The molecule has 0 radical (unpaired) electrons. The second-order valence-corrected chi connectivity index (χ2v) is 5.58. The molecule has 1 amide bonds. The highest BCUT2D eigenvalue weighted by molar-refractivity contribution is 6.07. The predicted octanol–water partition coefficient (Wildman–Crippen LogP) is 0.774. The van der Waals surface area contributed by atoms with Crippen molar-refractivity contribution in [1.82, 2.24) is 5.48 Å². The predicted molar refractivity (Wildman–Crippen MR) is 72.8 cm³/mol. The van der Waals surface area contributed by atoms with Crippen LogP contribution in [0.5, 0.6) is 0 Å². The number of ether oxygens (including phenoxy) is 1. The van der Waals surface area contributed by atoms with Gasteiger partial charge in [-0.05, 0) is 26.3 Å². The van der Waals surface area contributed by atoms with Crippen molar-refractivity contribution in [2.24, 2.45) is 5.73 Å². The Hall–Kier alpha value is -1.92. The standard InChI is InChI=1S/C14H20N2O4/c1-13(2,3)20-12(18)14(15,11(17)16-19)9-10-7-5-4-6-8-10/h4-8,19H,9,15H2,1-3H3,(H,16,17)/t14-/m0/s1. The van der Waals surface area contributed by atoms with Gasteiger partial charge in [0.15, 0.2) is 5.54 Å². The van der Waals surface area contributed by atoms with E-state index >= 15 is 0 Å². The molecule has 0 spiro atoms. The topological polar surface area (TPSA) is 102 Å². The summed E-state index contributed by atoms with van der Waals surface area (Å²) < 4.78 is 5.16. The van der Waals surface area contributed by atoms with E-state index in [-0.39, 0.29) is 6.42 Å². The zero-order valence-corrected chi connectivity index (χ0v) is 11.8. The summed E-state index contributed by atoms with van der Waals surface area (Å²) in [6.07, 6.45) is -0.0743. The fraction of sp³-hybridized carbons (Fsp3) is 0.429. The van der Waals surface area contributed by atoms with E-state index in [1.54, 1.807) is 51.1 Å². The molecule has 20 heavy (non-hydrogen) atoms.